The van der Waals surface area contributed by atoms with E-state index in [9.17, 15) is 18.3 Å². The monoisotopic (exact) mass is 146 g/mol. The van der Waals surface area contributed by atoms with Gasteiger partial charge >= 0.3 is 18.9 Å². The summed E-state index contributed by atoms with van der Waals surface area (Å²) in [5, 5.41) is 9.36. The van der Waals surface area contributed by atoms with Gasteiger partial charge in [-0.05, 0) is 0 Å². The second-order valence-corrected chi connectivity index (χ2v) is 2.55. The fraction of sp³-hybridized carbons (Fsp3) is 0.500. The molecule has 0 bridgehead atoms. The van der Waals surface area contributed by atoms with Crippen LogP contribution in [0.15, 0.2) is 0 Å². The van der Waals surface area contributed by atoms with Crippen LogP contribution in [0, 0.1) is 0 Å². The second kappa shape index (κ2) is 3.90. The van der Waals surface area contributed by atoms with Crippen LogP contribution in [0.3, 0.4) is 0 Å². The summed E-state index contributed by atoms with van der Waals surface area (Å²) >= 11 is 0. The molecule has 0 aromatic heterocycles. The van der Waals surface area contributed by atoms with Gasteiger partial charge in [0, 0.05) is 0 Å². The Kier molecular flexibility index (Phi) is 5.09. The number of carboxylic acid groups (broad SMARTS) is 1. The van der Waals surface area contributed by atoms with Crippen molar-refractivity contribution in [3.63, 3.8) is 0 Å². The topological polar surface area (TPSA) is 94.5 Å². The van der Waals surface area contributed by atoms with Gasteiger partial charge in [0.1, 0.15) is 5.75 Å². The third-order valence-corrected chi connectivity index (χ3v) is 0.901. The predicted molar refractivity (Wildman–Crippen MR) is 21.4 cm³/mol. The number of hydrogen-bond donors (Lipinski definition) is 1. The molecule has 0 amide bonds. The van der Waals surface area contributed by atoms with E-state index in [0.717, 1.165) is 0 Å². The van der Waals surface area contributed by atoms with Gasteiger partial charge < -0.3 is 9.90 Å². The molecule has 0 spiro atoms. The average Bonchev–Trinajstić information content (AvgIpc) is 1.21. The van der Waals surface area contributed by atoms with Crippen molar-refractivity contribution in [2.24, 2.45) is 0 Å². The minimum absolute atomic E-state index is 0. The summed E-state index contributed by atoms with van der Waals surface area (Å²) in [4.78, 5) is 9.36. The van der Waals surface area contributed by atoms with Gasteiger partial charge in [0.2, 0.25) is 0 Å². The van der Waals surface area contributed by atoms with Crippen LogP contribution in [-0.2, 0) is 14.9 Å². The molecule has 0 aromatic rings. The molecule has 7 heteroatoms. The van der Waals surface area contributed by atoms with Crippen molar-refractivity contribution in [3.8, 4) is 0 Å². The fourth-order valence-electron chi connectivity index (χ4n) is 0.149. The Balaban J connectivity index is 0. The van der Waals surface area contributed by atoms with E-state index in [1.807, 2.05) is 0 Å². The van der Waals surface area contributed by atoms with Gasteiger partial charge in [-0.2, -0.15) is 8.42 Å². The van der Waals surface area contributed by atoms with Crippen molar-refractivity contribution in [1.29, 1.82) is 0 Å². The zero-order valence-electron chi connectivity index (χ0n) is 4.70. The summed E-state index contributed by atoms with van der Waals surface area (Å²) in [6.07, 6.45) is 0. The fourth-order valence-corrected chi connectivity index (χ4v) is 0.447. The maximum atomic E-state index is 9.58. The second-order valence-electron chi connectivity index (χ2n) is 1.10. The minimum Gasteiger partial charge on any atom is -0.549 e. The van der Waals surface area contributed by atoms with Crippen molar-refractivity contribution < 1.29 is 41.7 Å². The van der Waals surface area contributed by atoms with E-state index < -0.39 is 21.8 Å². The molecular formula is C2H3LiO5S. The average molecular weight is 146 g/mol. The molecule has 0 unspecified atom stereocenters. The molecule has 9 heavy (non-hydrogen) atoms. The van der Waals surface area contributed by atoms with E-state index in [1.165, 1.54) is 0 Å². The SMILES string of the molecule is O=C([O-])CS(=O)(=O)O.[Li+]. The standard InChI is InChI=1S/C2H4O5S.Li/c3-2(4)1-8(5,6)7;/h1H2,(H,3,4)(H,5,6,7);/q;+1/p-1. The molecular weight excluding hydrogens is 143 g/mol. The molecule has 0 fully saturated rings. The zero-order chi connectivity index (χ0) is 6.78. The van der Waals surface area contributed by atoms with Gasteiger partial charge in [0.15, 0.2) is 0 Å². The van der Waals surface area contributed by atoms with E-state index in [4.69, 9.17) is 4.55 Å². The molecule has 0 aliphatic heterocycles. The van der Waals surface area contributed by atoms with Crippen molar-refractivity contribution in [3.05, 3.63) is 0 Å². The van der Waals surface area contributed by atoms with Crippen molar-refractivity contribution in [1.82, 2.24) is 0 Å². The van der Waals surface area contributed by atoms with Gasteiger partial charge in [0.05, 0.1) is 5.97 Å². The summed E-state index contributed by atoms with van der Waals surface area (Å²) < 4.78 is 26.9. The van der Waals surface area contributed by atoms with E-state index in [1.54, 1.807) is 0 Å². The van der Waals surface area contributed by atoms with Gasteiger partial charge in [-0.3, -0.25) is 4.55 Å². The number of rotatable bonds is 2. The van der Waals surface area contributed by atoms with Crippen LogP contribution in [0.25, 0.3) is 0 Å². The first-order chi connectivity index (χ1) is 3.42. The van der Waals surface area contributed by atoms with E-state index in [0.29, 0.717) is 0 Å². The zero-order valence-corrected chi connectivity index (χ0v) is 5.51. The largest absolute Gasteiger partial charge is 1.00 e. The van der Waals surface area contributed by atoms with Crippen molar-refractivity contribution in [2.45, 2.75) is 0 Å². The maximum Gasteiger partial charge on any atom is 1.00 e. The summed E-state index contributed by atoms with van der Waals surface area (Å²) in [7, 11) is -4.39. The van der Waals surface area contributed by atoms with Crippen LogP contribution >= 0.6 is 0 Å². The molecule has 1 N–H and O–H groups in total. The predicted octanol–water partition coefficient (Wildman–Crippen LogP) is -5.37. The number of hydrogen-bond acceptors (Lipinski definition) is 4. The van der Waals surface area contributed by atoms with Crippen LogP contribution in [-0.4, -0.2) is 24.7 Å². The summed E-state index contributed by atoms with van der Waals surface area (Å²) in [6.45, 7) is 0. The first-order valence-corrected chi connectivity index (χ1v) is 3.18. The Hall–Kier alpha value is -0.0226. The Morgan fingerprint density at radius 3 is 1.89 bits per heavy atom. The van der Waals surface area contributed by atoms with Gasteiger partial charge in [-0.25, -0.2) is 0 Å². The third-order valence-electron chi connectivity index (χ3n) is 0.300. The van der Waals surface area contributed by atoms with Crippen LogP contribution in [0.2, 0.25) is 0 Å². The first kappa shape index (κ1) is 11.7. The minimum atomic E-state index is -4.39. The summed E-state index contributed by atoms with van der Waals surface area (Å²) in [5.41, 5.74) is 0. The number of carbonyl (C=O) groups is 1. The number of carboxylic acids is 1. The smallest absolute Gasteiger partial charge is 0.549 e. The molecule has 0 saturated heterocycles. The van der Waals surface area contributed by atoms with Gasteiger partial charge in [0.25, 0.3) is 10.1 Å². The molecule has 0 aliphatic carbocycles. The van der Waals surface area contributed by atoms with Crippen molar-refractivity contribution in [2.75, 3.05) is 5.75 Å². The van der Waals surface area contributed by atoms with E-state index in [-0.39, 0.29) is 18.9 Å². The van der Waals surface area contributed by atoms with Crippen molar-refractivity contribution >= 4 is 16.1 Å². The molecule has 0 atom stereocenters. The Morgan fingerprint density at radius 1 is 1.56 bits per heavy atom. The van der Waals surface area contributed by atoms with Crippen LogP contribution in [0.1, 0.15) is 0 Å². The first-order valence-electron chi connectivity index (χ1n) is 1.57. The number of carbonyl (C=O) groups excluding carboxylic acids is 1. The molecule has 0 radical (unpaired) electrons. The Labute approximate surface area is 64.0 Å². The maximum absolute atomic E-state index is 9.58. The quantitative estimate of drug-likeness (QED) is 0.310. The molecule has 0 rings (SSSR count). The normalized spacial score (nSPS) is 9.89. The third kappa shape index (κ3) is 11.5. The van der Waals surface area contributed by atoms with E-state index in [2.05, 4.69) is 0 Å². The molecule has 0 saturated carbocycles. The van der Waals surface area contributed by atoms with Crippen LogP contribution in [0.5, 0.6) is 0 Å². The molecule has 0 aliphatic rings. The Morgan fingerprint density at radius 2 is 1.89 bits per heavy atom. The van der Waals surface area contributed by atoms with Gasteiger partial charge in [-0.15, -0.1) is 0 Å². The Bertz CT molecular complexity index is 181. The molecule has 48 valence electrons. The summed E-state index contributed by atoms with van der Waals surface area (Å²) in [6, 6.07) is 0. The molecule has 0 heterocycles. The van der Waals surface area contributed by atoms with Gasteiger partial charge in [-0.1, -0.05) is 0 Å². The van der Waals surface area contributed by atoms with Crippen LogP contribution < -0.4 is 24.0 Å². The number of aliphatic carboxylic acids is 1. The molecule has 0 aromatic carbocycles. The summed E-state index contributed by atoms with van der Waals surface area (Å²) in [5.74, 6) is -3.15. The van der Waals surface area contributed by atoms with Crippen LogP contribution in [0.4, 0.5) is 0 Å². The van der Waals surface area contributed by atoms with E-state index >= 15 is 0 Å². The molecule has 5 nitrogen and oxygen atoms in total.